The first-order valence-electron chi connectivity index (χ1n) is 25.5. The lowest BCUT2D eigenvalue weighted by molar-refractivity contribution is 1.18. The van der Waals surface area contributed by atoms with E-state index in [2.05, 4.69) is 301 Å². The fraction of sp³-hybridized carbons (Fsp3) is 0. The van der Waals surface area contributed by atoms with E-state index in [1.165, 1.54) is 98.6 Å². The van der Waals surface area contributed by atoms with Gasteiger partial charge in [0, 0.05) is 39.1 Å². The number of hydrogen-bond acceptors (Lipinski definition) is 1. The summed E-state index contributed by atoms with van der Waals surface area (Å²) in [6, 6.07) is 106. The van der Waals surface area contributed by atoms with Crippen LogP contribution in [0.15, 0.2) is 291 Å². The Bertz CT molecular complexity index is 4360. The van der Waals surface area contributed by atoms with E-state index in [0.29, 0.717) is 0 Å². The highest BCUT2D eigenvalue weighted by molar-refractivity contribution is 6.22. The number of nitrogens with zero attached hydrogens (tertiary/aromatic N) is 2. The van der Waals surface area contributed by atoms with Crippen LogP contribution in [0.3, 0.4) is 0 Å². The van der Waals surface area contributed by atoms with Gasteiger partial charge in [0.2, 0.25) is 0 Å². The van der Waals surface area contributed by atoms with Crippen LogP contribution >= 0.6 is 0 Å². The summed E-state index contributed by atoms with van der Waals surface area (Å²) in [5.41, 5.74) is 18.8. The van der Waals surface area contributed by atoms with Gasteiger partial charge < -0.3 is 9.47 Å². The molecule has 74 heavy (non-hydrogen) atoms. The molecule has 1 heterocycles. The monoisotopic (exact) mass is 940 g/mol. The lowest BCUT2D eigenvalue weighted by atomic mass is 9.84. The van der Waals surface area contributed by atoms with E-state index in [0.717, 1.165) is 33.9 Å². The number of para-hydroxylation sites is 3. The molecule has 0 fully saturated rings. The largest absolute Gasteiger partial charge is 0.311 e. The van der Waals surface area contributed by atoms with Gasteiger partial charge in [0.05, 0.1) is 11.0 Å². The van der Waals surface area contributed by atoms with Gasteiger partial charge in [-0.25, -0.2) is 0 Å². The molecule has 0 radical (unpaired) electrons. The third-order valence-corrected chi connectivity index (χ3v) is 15.0. The van der Waals surface area contributed by atoms with E-state index in [4.69, 9.17) is 0 Å². The van der Waals surface area contributed by atoms with Crippen molar-refractivity contribution in [3.05, 3.63) is 291 Å². The van der Waals surface area contributed by atoms with Gasteiger partial charge in [0.1, 0.15) is 0 Å². The van der Waals surface area contributed by atoms with Crippen molar-refractivity contribution in [3.63, 3.8) is 0 Å². The van der Waals surface area contributed by atoms with Gasteiger partial charge in [-0.15, -0.1) is 0 Å². The Hall–Kier alpha value is -9.76. The highest BCUT2D eigenvalue weighted by Crippen LogP contribution is 2.47. The van der Waals surface area contributed by atoms with E-state index in [9.17, 15) is 0 Å². The van der Waals surface area contributed by atoms with Gasteiger partial charge in [-0.2, -0.15) is 0 Å². The van der Waals surface area contributed by atoms with Crippen LogP contribution in [0.5, 0.6) is 0 Å². The molecule has 0 aliphatic rings. The fourth-order valence-electron chi connectivity index (χ4n) is 11.6. The Morgan fingerprint density at radius 3 is 1.35 bits per heavy atom. The maximum atomic E-state index is 2.42. The number of rotatable bonds is 9. The summed E-state index contributed by atoms with van der Waals surface area (Å²) in [6.45, 7) is 0. The molecule has 0 saturated heterocycles. The maximum Gasteiger partial charge on any atom is 0.0619 e. The first kappa shape index (κ1) is 43.1. The Balaban J connectivity index is 0.896. The third-order valence-electron chi connectivity index (χ3n) is 15.0. The molecular formula is C72H48N2. The molecule has 2 heteroatoms. The standard InChI is InChI=1S/C72H48N2/c1-4-19-53(20-5-1)70-66-29-13-12-27-63(66)64-47-40-55(48-68(64)71(70)54-21-6-2-7-22-54)49-34-41-57(42-35-49)73(58-43-36-51(37-44-58)61-30-16-23-50-18-10-11-26-60(50)61)59-45-38-52(39-46-59)62-31-17-32-67-65-28-14-15-33-69(65)74(72(62)67)56-24-8-3-9-25-56/h1-48H. The van der Waals surface area contributed by atoms with Crippen molar-refractivity contribution >= 4 is 71.2 Å². The van der Waals surface area contributed by atoms with Gasteiger partial charge >= 0.3 is 0 Å². The van der Waals surface area contributed by atoms with Gasteiger partial charge in [-0.1, -0.05) is 231 Å². The molecule has 0 saturated carbocycles. The van der Waals surface area contributed by atoms with Crippen molar-refractivity contribution in [2.45, 2.75) is 0 Å². The van der Waals surface area contributed by atoms with Gasteiger partial charge in [0.25, 0.3) is 0 Å². The molecule has 346 valence electrons. The summed E-state index contributed by atoms with van der Waals surface area (Å²) in [7, 11) is 0. The second-order valence-corrected chi connectivity index (χ2v) is 19.2. The van der Waals surface area contributed by atoms with Crippen LogP contribution in [0.1, 0.15) is 0 Å². The summed E-state index contributed by atoms with van der Waals surface area (Å²) in [4.78, 5) is 2.38. The van der Waals surface area contributed by atoms with E-state index >= 15 is 0 Å². The second kappa shape index (κ2) is 18.1. The van der Waals surface area contributed by atoms with Crippen LogP contribution in [0.25, 0.3) is 115 Å². The van der Waals surface area contributed by atoms with Crippen LogP contribution in [0, 0.1) is 0 Å². The van der Waals surface area contributed by atoms with Crippen molar-refractivity contribution < 1.29 is 0 Å². The van der Waals surface area contributed by atoms with Crippen molar-refractivity contribution in [2.24, 2.45) is 0 Å². The first-order chi connectivity index (χ1) is 36.7. The lowest BCUT2D eigenvalue weighted by Gasteiger charge is -2.26. The number of aromatic nitrogens is 1. The van der Waals surface area contributed by atoms with Crippen LogP contribution < -0.4 is 4.90 Å². The zero-order valence-electron chi connectivity index (χ0n) is 40.6. The third kappa shape index (κ3) is 7.35. The van der Waals surface area contributed by atoms with Gasteiger partial charge in [-0.05, 0) is 143 Å². The predicted octanol–water partition coefficient (Wildman–Crippen LogP) is 20.0. The second-order valence-electron chi connectivity index (χ2n) is 19.2. The molecule has 13 aromatic carbocycles. The molecule has 14 aromatic rings. The SMILES string of the molecule is c1ccc(-c2c(-c3ccccc3)c3cc(-c4ccc(N(c5ccc(-c6cccc7ccccc67)cc5)c5ccc(-c6cccc7c8ccccc8n(-c8ccccc8)c67)cc5)cc4)ccc3c3ccccc23)cc1. The predicted molar refractivity (Wildman–Crippen MR) is 315 cm³/mol. The normalized spacial score (nSPS) is 11.5. The molecule has 1 aromatic heterocycles. The van der Waals surface area contributed by atoms with Crippen molar-refractivity contribution in [1.82, 2.24) is 4.57 Å². The Kier molecular flexibility index (Phi) is 10.6. The summed E-state index contributed by atoms with van der Waals surface area (Å²) < 4.78 is 2.42. The molecule has 0 spiro atoms. The summed E-state index contributed by atoms with van der Waals surface area (Å²) in [5, 5.41) is 9.98. The average Bonchev–Trinajstić information content (AvgIpc) is 3.83. The van der Waals surface area contributed by atoms with Crippen molar-refractivity contribution in [1.29, 1.82) is 0 Å². The van der Waals surface area contributed by atoms with E-state index < -0.39 is 0 Å². The Morgan fingerprint density at radius 1 is 0.243 bits per heavy atom. The minimum Gasteiger partial charge on any atom is -0.311 e. The molecule has 0 aliphatic carbocycles. The van der Waals surface area contributed by atoms with Crippen LogP contribution in [-0.2, 0) is 0 Å². The number of anilines is 3. The van der Waals surface area contributed by atoms with Crippen molar-refractivity contribution in [2.75, 3.05) is 4.90 Å². The molecule has 0 unspecified atom stereocenters. The molecule has 0 N–H and O–H groups in total. The molecule has 2 nitrogen and oxygen atoms in total. The van der Waals surface area contributed by atoms with Crippen LogP contribution in [0.4, 0.5) is 17.1 Å². The van der Waals surface area contributed by atoms with E-state index in [-0.39, 0.29) is 0 Å². The molecule has 0 atom stereocenters. The van der Waals surface area contributed by atoms with E-state index in [1.54, 1.807) is 0 Å². The summed E-state index contributed by atoms with van der Waals surface area (Å²) >= 11 is 0. The molecule has 0 amide bonds. The van der Waals surface area contributed by atoms with Crippen LogP contribution in [-0.4, -0.2) is 4.57 Å². The quantitative estimate of drug-likeness (QED) is 0.131. The molecule has 0 bridgehead atoms. The minimum atomic E-state index is 1.08. The number of hydrogen-bond donors (Lipinski definition) is 0. The summed E-state index contributed by atoms with van der Waals surface area (Å²) in [6.07, 6.45) is 0. The maximum absolute atomic E-state index is 2.42. The van der Waals surface area contributed by atoms with E-state index in [1.807, 2.05) is 0 Å². The summed E-state index contributed by atoms with van der Waals surface area (Å²) in [5.74, 6) is 0. The van der Waals surface area contributed by atoms with Crippen molar-refractivity contribution in [3.8, 4) is 61.3 Å². The zero-order valence-corrected chi connectivity index (χ0v) is 40.6. The minimum absolute atomic E-state index is 1.08. The average molecular weight is 941 g/mol. The van der Waals surface area contributed by atoms with Gasteiger partial charge in [-0.3, -0.25) is 0 Å². The van der Waals surface area contributed by atoms with Gasteiger partial charge in [0.15, 0.2) is 0 Å². The highest BCUT2D eigenvalue weighted by atomic mass is 15.1. The smallest absolute Gasteiger partial charge is 0.0619 e. The molecule has 14 rings (SSSR count). The fourth-order valence-corrected chi connectivity index (χ4v) is 11.6. The number of fused-ring (bicyclic) bond motifs is 7. The van der Waals surface area contributed by atoms with Crippen LogP contribution in [0.2, 0.25) is 0 Å². The first-order valence-corrected chi connectivity index (χ1v) is 25.5. The zero-order chi connectivity index (χ0) is 49.0. The lowest BCUT2D eigenvalue weighted by Crippen LogP contribution is -2.09. The Morgan fingerprint density at radius 2 is 0.689 bits per heavy atom. The number of benzene rings is 13. The molecular weight excluding hydrogens is 893 g/mol. The Labute approximate surface area is 430 Å². The molecule has 0 aliphatic heterocycles. The topological polar surface area (TPSA) is 8.17 Å². The highest BCUT2D eigenvalue weighted by Gasteiger charge is 2.21.